The van der Waals surface area contributed by atoms with Crippen molar-refractivity contribution in [3.8, 4) is 5.75 Å². The van der Waals surface area contributed by atoms with Crippen molar-refractivity contribution in [1.29, 1.82) is 0 Å². The maximum Gasteiger partial charge on any atom is 0.235 e. The predicted octanol–water partition coefficient (Wildman–Crippen LogP) is 4.67. The van der Waals surface area contributed by atoms with Crippen LogP contribution >= 0.6 is 0 Å². The number of ether oxygens (including phenoxy) is 1. The number of benzene rings is 2. The molecule has 1 fully saturated rings. The Bertz CT molecular complexity index is 706. The summed E-state index contributed by atoms with van der Waals surface area (Å²) in [5.41, 5.74) is 0.418. The number of hydrogen-bond donors (Lipinski definition) is 1. The average Bonchev–Trinajstić information content (AvgIpc) is 2.63. The minimum atomic E-state index is -0.788. The third-order valence-corrected chi connectivity index (χ3v) is 4.88. The first kappa shape index (κ1) is 16.5. The lowest BCUT2D eigenvalue weighted by Gasteiger charge is -2.36. The Morgan fingerprint density at radius 3 is 2.33 bits per heavy atom. The van der Waals surface area contributed by atoms with Crippen molar-refractivity contribution in [3.05, 3.63) is 59.9 Å². The van der Waals surface area contributed by atoms with Crippen LogP contribution in [0.1, 0.15) is 37.7 Å². The zero-order valence-corrected chi connectivity index (χ0v) is 13.8. The largest absolute Gasteiger partial charge is 0.497 e. The van der Waals surface area contributed by atoms with Crippen LogP contribution in [0, 0.1) is 5.82 Å². The van der Waals surface area contributed by atoms with Gasteiger partial charge in [0, 0.05) is 11.3 Å². The van der Waals surface area contributed by atoms with Crippen LogP contribution < -0.4 is 10.1 Å². The van der Waals surface area contributed by atoms with Gasteiger partial charge in [0.25, 0.3) is 0 Å². The summed E-state index contributed by atoms with van der Waals surface area (Å²) in [4.78, 5) is 13.1. The summed E-state index contributed by atoms with van der Waals surface area (Å²) in [5.74, 6) is 0.302. The summed E-state index contributed by atoms with van der Waals surface area (Å²) in [6, 6.07) is 13.8. The van der Waals surface area contributed by atoms with Crippen molar-refractivity contribution in [1.82, 2.24) is 0 Å². The third kappa shape index (κ3) is 3.14. The highest BCUT2D eigenvalue weighted by atomic mass is 19.1. The van der Waals surface area contributed by atoms with E-state index in [0.717, 1.165) is 25.0 Å². The van der Waals surface area contributed by atoms with E-state index in [-0.39, 0.29) is 11.7 Å². The van der Waals surface area contributed by atoms with E-state index < -0.39 is 5.41 Å². The molecule has 0 bridgehead atoms. The van der Waals surface area contributed by atoms with Gasteiger partial charge in [-0.1, -0.05) is 37.5 Å². The molecule has 1 N–H and O–H groups in total. The Kier molecular flexibility index (Phi) is 4.84. The molecule has 0 atom stereocenters. The van der Waals surface area contributed by atoms with Crippen LogP contribution in [0.3, 0.4) is 0 Å². The second kappa shape index (κ2) is 7.04. The van der Waals surface area contributed by atoms with Crippen molar-refractivity contribution >= 4 is 11.6 Å². The molecule has 0 aliphatic heterocycles. The van der Waals surface area contributed by atoms with Gasteiger partial charge in [-0.3, -0.25) is 4.79 Å². The van der Waals surface area contributed by atoms with Gasteiger partial charge >= 0.3 is 0 Å². The van der Waals surface area contributed by atoms with Crippen LogP contribution in [0.2, 0.25) is 0 Å². The molecule has 24 heavy (non-hydrogen) atoms. The number of methoxy groups -OCH3 is 1. The Labute approximate surface area is 141 Å². The molecular weight excluding hydrogens is 305 g/mol. The van der Waals surface area contributed by atoms with E-state index in [1.165, 1.54) is 6.07 Å². The fraction of sp³-hybridized carbons (Fsp3) is 0.350. The SMILES string of the molecule is COc1ccc(NC(=O)C2(c3ccccc3F)CCCCC2)cc1. The second-order valence-electron chi connectivity index (χ2n) is 6.31. The van der Waals surface area contributed by atoms with Gasteiger partial charge in [0.15, 0.2) is 0 Å². The van der Waals surface area contributed by atoms with Crippen LogP contribution in [0.4, 0.5) is 10.1 Å². The third-order valence-electron chi connectivity index (χ3n) is 4.88. The molecule has 1 aliphatic carbocycles. The number of halogens is 1. The smallest absolute Gasteiger partial charge is 0.235 e. The summed E-state index contributed by atoms with van der Waals surface area (Å²) in [5, 5.41) is 2.97. The molecule has 0 radical (unpaired) electrons. The zero-order valence-electron chi connectivity index (χ0n) is 13.8. The van der Waals surface area contributed by atoms with Gasteiger partial charge in [-0.25, -0.2) is 4.39 Å². The molecule has 1 aliphatic rings. The number of carbonyl (C=O) groups is 1. The van der Waals surface area contributed by atoms with Crippen molar-refractivity contribution in [3.63, 3.8) is 0 Å². The van der Waals surface area contributed by atoms with E-state index in [1.807, 2.05) is 0 Å². The van der Waals surface area contributed by atoms with Gasteiger partial charge < -0.3 is 10.1 Å². The number of amides is 1. The lowest BCUT2D eigenvalue weighted by Crippen LogP contribution is -2.42. The minimum Gasteiger partial charge on any atom is -0.497 e. The molecule has 0 heterocycles. The molecule has 0 unspecified atom stereocenters. The molecule has 3 nitrogen and oxygen atoms in total. The number of carbonyl (C=O) groups excluding carboxylic acids is 1. The molecule has 1 saturated carbocycles. The van der Waals surface area contributed by atoms with Crippen molar-refractivity contribution in [2.45, 2.75) is 37.5 Å². The standard InChI is InChI=1S/C20H22FNO2/c1-24-16-11-9-15(10-12-16)22-19(23)20(13-5-2-6-14-20)17-7-3-4-8-18(17)21/h3-4,7-12H,2,5-6,13-14H2,1H3,(H,22,23). The number of hydrogen-bond acceptors (Lipinski definition) is 2. The highest BCUT2D eigenvalue weighted by Crippen LogP contribution is 2.41. The zero-order chi connectivity index (χ0) is 17.0. The van der Waals surface area contributed by atoms with E-state index >= 15 is 0 Å². The monoisotopic (exact) mass is 327 g/mol. The molecule has 126 valence electrons. The van der Waals surface area contributed by atoms with Crippen LogP contribution in [-0.4, -0.2) is 13.0 Å². The Morgan fingerprint density at radius 1 is 1.04 bits per heavy atom. The predicted molar refractivity (Wildman–Crippen MR) is 92.8 cm³/mol. The highest BCUT2D eigenvalue weighted by Gasteiger charge is 2.42. The number of anilines is 1. The molecule has 0 saturated heterocycles. The Morgan fingerprint density at radius 2 is 1.71 bits per heavy atom. The van der Waals surface area contributed by atoms with E-state index in [2.05, 4.69) is 5.32 Å². The normalized spacial score (nSPS) is 16.4. The van der Waals surface area contributed by atoms with Crippen molar-refractivity contribution in [2.24, 2.45) is 0 Å². The van der Waals surface area contributed by atoms with E-state index in [0.29, 0.717) is 24.1 Å². The molecule has 2 aromatic rings. The summed E-state index contributed by atoms with van der Waals surface area (Å²) in [6.45, 7) is 0. The maximum atomic E-state index is 14.4. The molecular formula is C20H22FNO2. The van der Waals surface area contributed by atoms with Gasteiger partial charge in [0.1, 0.15) is 11.6 Å². The average molecular weight is 327 g/mol. The highest BCUT2D eigenvalue weighted by molar-refractivity contribution is 5.99. The molecule has 2 aromatic carbocycles. The molecule has 0 spiro atoms. The fourth-order valence-corrected chi connectivity index (χ4v) is 3.55. The van der Waals surface area contributed by atoms with Gasteiger partial charge in [0.2, 0.25) is 5.91 Å². The lowest BCUT2D eigenvalue weighted by atomic mass is 9.68. The summed E-state index contributed by atoms with van der Waals surface area (Å²) < 4.78 is 19.6. The number of nitrogens with one attached hydrogen (secondary N) is 1. The van der Waals surface area contributed by atoms with Crippen LogP contribution in [0.15, 0.2) is 48.5 Å². The first-order valence-electron chi connectivity index (χ1n) is 8.36. The van der Waals surface area contributed by atoms with Gasteiger partial charge in [-0.2, -0.15) is 0 Å². The topological polar surface area (TPSA) is 38.3 Å². The van der Waals surface area contributed by atoms with E-state index in [4.69, 9.17) is 4.74 Å². The second-order valence-corrected chi connectivity index (χ2v) is 6.31. The molecule has 1 amide bonds. The van der Waals surface area contributed by atoms with E-state index in [9.17, 15) is 9.18 Å². The van der Waals surface area contributed by atoms with Crippen molar-refractivity contribution < 1.29 is 13.9 Å². The Hall–Kier alpha value is -2.36. The molecule has 4 heteroatoms. The molecule has 0 aromatic heterocycles. The number of rotatable bonds is 4. The molecule has 3 rings (SSSR count). The summed E-state index contributed by atoms with van der Waals surface area (Å²) >= 11 is 0. The van der Waals surface area contributed by atoms with Crippen LogP contribution in [0.25, 0.3) is 0 Å². The summed E-state index contributed by atoms with van der Waals surface area (Å²) in [7, 11) is 1.60. The van der Waals surface area contributed by atoms with Gasteiger partial charge in [-0.05, 0) is 43.2 Å². The van der Waals surface area contributed by atoms with Gasteiger partial charge in [0.05, 0.1) is 12.5 Å². The van der Waals surface area contributed by atoms with E-state index in [1.54, 1.807) is 49.6 Å². The van der Waals surface area contributed by atoms with Gasteiger partial charge in [-0.15, -0.1) is 0 Å². The van der Waals surface area contributed by atoms with Crippen LogP contribution in [0.5, 0.6) is 5.75 Å². The summed E-state index contributed by atoms with van der Waals surface area (Å²) in [6.07, 6.45) is 4.31. The lowest BCUT2D eigenvalue weighted by molar-refractivity contribution is -0.122. The maximum absolute atomic E-state index is 14.4. The Balaban J connectivity index is 1.90. The quantitative estimate of drug-likeness (QED) is 0.886. The van der Waals surface area contributed by atoms with Crippen molar-refractivity contribution in [2.75, 3.05) is 12.4 Å². The fourth-order valence-electron chi connectivity index (χ4n) is 3.55. The minimum absolute atomic E-state index is 0.127. The first-order chi connectivity index (χ1) is 11.7. The first-order valence-corrected chi connectivity index (χ1v) is 8.36. The van der Waals surface area contributed by atoms with Crippen LogP contribution in [-0.2, 0) is 10.2 Å².